The van der Waals surface area contributed by atoms with Crippen molar-refractivity contribution in [1.29, 1.82) is 0 Å². The highest BCUT2D eigenvalue weighted by molar-refractivity contribution is 6.03. The summed E-state index contributed by atoms with van der Waals surface area (Å²) in [5.41, 5.74) is 6.30. The zero-order valence-corrected chi connectivity index (χ0v) is 13.0. The normalized spacial score (nSPS) is 15.8. The Labute approximate surface area is 127 Å². The molecule has 0 spiro atoms. The molecule has 0 saturated heterocycles. The van der Waals surface area contributed by atoms with Crippen molar-refractivity contribution in [2.24, 2.45) is 5.10 Å². The molecule has 1 aromatic rings. The van der Waals surface area contributed by atoms with Crippen LogP contribution in [0.2, 0.25) is 0 Å². The Morgan fingerprint density at radius 3 is 2.81 bits per heavy atom. The predicted molar refractivity (Wildman–Crippen MR) is 87.4 cm³/mol. The van der Waals surface area contributed by atoms with Gasteiger partial charge in [-0.15, -0.1) is 0 Å². The van der Waals surface area contributed by atoms with E-state index in [1.54, 1.807) is 0 Å². The number of carbonyl (C=O) groups is 1. The van der Waals surface area contributed by atoms with Crippen molar-refractivity contribution in [2.45, 2.75) is 64.7 Å². The molecule has 3 heteroatoms. The summed E-state index contributed by atoms with van der Waals surface area (Å²) in [6, 6.07) is 8.36. The van der Waals surface area contributed by atoms with Crippen molar-refractivity contribution >= 4 is 11.6 Å². The molecule has 1 N–H and O–H groups in total. The number of hydrazone groups is 1. The number of carbonyl (C=O) groups excluding carboxylic acids is 1. The van der Waals surface area contributed by atoms with Gasteiger partial charge in [-0.1, -0.05) is 56.9 Å². The lowest BCUT2D eigenvalue weighted by molar-refractivity contribution is -0.121. The molecular weight excluding hydrogens is 260 g/mol. The second-order valence-corrected chi connectivity index (χ2v) is 5.77. The molecule has 2 rings (SSSR count). The second-order valence-electron chi connectivity index (χ2n) is 5.77. The zero-order valence-electron chi connectivity index (χ0n) is 13.0. The van der Waals surface area contributed by atoms with E-state index in [1.165, 1.54) is 30.4 Å². The van der Waals surface area contributed by atoms with Crippen LogP contribution in [0.3, 0.4) is 0 Å². The van der Waals surface area contributed by atoms with Gasteiger partial charge in [-0.05, 0) is 31.2 Å². The maximum Gasteiger partial charge on any atom is 0.240 e. The number of hydrogen-bond acceptors (Lipinski definition) is 2. The third kappa shape index (κ3) is 5.00. The van der Waals surface area contributed by atoms with Crippen molar-refractivity contribution in [3.05, 3.63) is 35.4 Å². The molecule has 1 aliphatic carbocycles. The number of hydrogen-bond donors (Lipinski definition) is 1. The number of benzene rings is 1. The van der Waals surface area contributed by atoms with E-state index in [0.29, 0.717) is 6.42 Å². The number of nitrogens with zero attached hydrogens (tertiary/aromatic N) is 1. The lowest BCUT2D eigenvalue weighted by atomic mass is 9.90. The van der Waals surface area contributed by atoms with Crippen LogP contribution in [0.5, 0.6) is 0 Å². The molecular formula is C18H26N2O. The van der Waals surface area contributed by atoms with Gasteiger partial charge in [0, 0.05) is 12.0 Å². The van der Waals surface area contributed by atoms with Gasteiger partial charge >= 0.3 is 0 Å². The van der Waals surface area contributed by atoms with E-state index in [9.17, 15) is 4.79 Å². The van der Waals surface area contributed by atoms with Crippen molar-refractivity contribution in [2.75, 3.05) is 0 Å². The Hall–Kier alpha value is -1.64. The molecule has 0 radical (unpaired) electrons. The molecule has 0 aromatic heterocycles. The molecule has 114 valence electrons. The molecule has 1 aromatic carbocycles. The first-order valence-corrected chi connectivity index (χ1v) is 8.25. The van der Waals surface area contributed by atoms with E-state index in [4.69, 9.17) is 0 Å². The SMILES string of the molecule is CCCCCCCC(=O)NN=C1CCCc2ccccc21. The highest BCUT2D eigenvalue weighted by Crippen LogP contribution is 2.21. The van der Waals surface area contributed by atoms with Crippen LogP contribution in [-0.2, 0) is 11.2 Å². The van der Waals surface area contributed by atoms with Crippen molar-refractivity contribution < 1.29 is 4.79 Å². The molecule has 0 atom stereocenters. The Kier molecular flexibility index (Phi) is 6.45. The first-order valence-electron chi connectivity index (χ1n) is 8.25. The van der Waals surface area contributed by atoms with Gasteiger partial charge in [-0.25, -0.2) is 5.43 Å². The Morgan fingerprint density at radius 1 is 1.14 bits per heavy atom. The Morgan fingerprint density at radius 2 is 1.95 bits per heavy atom. The standard InChI is InChI=1S/C18H26N2O/c1-2-3-4-5-6-14-18(21)20-19-17-13-9-11-15-10-7-8-12-16(15)17/h7-8,10,12H,2-6,9,11,13-14H2,1H3,(H,20,21). The van der Waals surface area contributed by atoms with Gasteiger partial charge in [-0.2, -0.15) is 5.10 Å². The fourth-order valence-corrected chi connectivity index (χ4v) is 2.79. The van der Waals surface area contributed by atoms with E-state index in [-0.39, 0.29) is 5.91 Å². The number of rotatable bonds is 7. The van der Waals surface area contributed by atoms with Gasteiger partial charge in [0.15, 0.2) is 0 Å². The summed E-state index contributed by atoms with van der Waals surface area (Å²) >= 11 is 0. The minimum Gasteiger partial charge on any atom is -0.273 e. The Bertz CT molecular complexity index is 494. The fraction of sp³-hybridized carbons (Fsp3) is 0.556. The van der Waals surface area contributed by atoms with Crippen molar-refractivity contribution in [3.8, 4) is 0 Å². The van der Waals surface area contributed by atoms with Gasteiger partial charge in [0.1, 0.15) is 0 Å². The third-order valence-electron chi connectivity index (χ3n) is 4.01. The largest absolute Gasteiger partial charge is 0.273 e. The maximum absolute atomic E-state index is 11.8. The fourth-order valence-electron chi connectivity index (χ4n) is 2.79. The highest BCUT2D eigenvalue weighted by Gasteiger charge is 2.14. The highest BCUT2D eigenvalue weighted by atomic mass is 16.2. The molecule has 0 heterocycles. The van der Waals surface area contributed by atoms with Gasteiger partial charge < -0.3 is 0 Å². The van der Waals surface area contributed by atoms with Crippen LogP contribution in [0.25, 0.3) is 0 Å². The summed E-state index contributed by atoms with van der Waals surface area (Å²) in [4.78, 5) is 11.8. The third-order valence-corrected chi connectivity index (χ3v) is 4.01. The summed E-state index contributed by atoms with van der Waals surface area (Å²) in [5.74, 6) is 0.0436. The molecule has 3 nitrogen and oxygen atoms in total. The first-order chi connectivity index (χ1) is 10.3. The Balaban J connectivity index is 1.80. The lowest BCUT2D eigenvalue weighted by Gasteiger charge is -2.17. The van der Waals surface area contributed by atoms with Crippen LogP contribution >= 0.6 is 0 Å². The van der Waals surface area contributed by atoms with E-state index in [1.807, 2.05) is 6.07 Å². The molecule has 0 unspecified atom stereocenters. The van der Waals surface area contributed by atoms with Crippen molar-refractivity contribution in [3.63, 3.8) is 0 Å². The molecule has 0 aliphatic heterocycles. The molecule has 1 aliphatic rings. The van der Waals surface area contributed by atoms with E-state index in [2.05, 4.69) is 35.7 Å². The molecule has 1 amide bonds. The maximum atomic E-state index is 11.8. The average molecular weight is 286 g/mol. The van der Waals surface area contributed by atoms with Crippen molar-refractivity contribution in [1.82, 2.24) is 5.43 Å². The van der Waals surface area contributed by atoms with Crippen LogP contribution in [0.4, 0.5) is 0 Å². The van der Waals surface area contributed by atoms with E-state index >= 15 is 0 Å². The average Bonchev–Trinajstić information content (AvgIpc) is 2.52. The second kappa shape index (κ2) is 8.60. The number of aryl methyl sites for hydroxylation is 1. The van der Waals surface area contributed by atoms with Gasteiger partial charge in [0.25, 0.3) is 0 Å². The van der Waals surface area contributed by atoms with Crippen LogP contribution in [0.1, 0.15) is 69.4 Å². The summed E-state index contributed by atoms with van der Waals surface area (Å²) < 4.78 is 0. The van der Waals surface area contributed by atoms with Crippen LogP contribution < -0.4 is 5.43 Å². The molecule has 21 heavy (non-hydrogen) atoms. The quantitative estimate of drug-likeness (QED) is 0.592. The summed E-state index contributed by atoms with van der Waals surface area (Å²) in [6.07, 6.45) is 9.60. The van der Waals surface area contributed by atoms with Crippen LogP contribution in [0, 0.1) is 0 Å². The topological polar surface area (TPSA) is 41.5 Å². The summed E-state index contributed by atoms with van der Waals surface area (Å²) in [7, 11) is 0. The van der Waals surface area contributed by atoms with E-state index in [0.717, 1.165) is 37.8 Å². The van der Waals surface area contributed by atoms with Crippen LogP contribution in [-0.4, -0.2) is 11.6 Å². The molecule has 0 bridgehead atoms. The van der Waals surface area contributed by atoms with Gasteiger partial charge in [0.05, 0.1) is 5.71 Å². The summed E-state index contributed by atoms with van der Waals surface area (Å²) in [5, 5.41) is 4.36. The number of amides is 1. The first kappa shape index (κ1) is 15.7. The number of unbranched alkanes of at least 4 members (excludes halogenated alkanes) is 4. The smallest absolute Gasteiger partial charge is 0.240 e. The van der Waals surface area contributed by atoms with E-state index < -0.39 is 0 Å². The molecule has 0 fully saturated rings. The monoisotopic (exact) mass is 286 g/mol. The lowest BCUT2D eigenvalue weighted by Crippen LogP contribution is -2.21. The van der Waals surface area contributed by atoms with Gasteiger partial charge in [-0.3, -0.25) is 4.79 Å². The molecule has 0 saturated carbocycles. The summed E-state index contributed by atoms with van der Waals surface area (Å²) in [6.45, 7) is 2.20. The number of nitrogens with one attached hydrogen (secondary N) is 1. The van der Waals surface area contributed by atoms with Crippen LogP contribution in [0.15, 0.2) is 29.4 Å². The minimum atomic E-state index is 0.0436. The predicted octanol–water partition coefficient (Wildman–Crippen LogP) is 4.20. The minimum absolute atomic E-state index is 0.0436. The zero-order chi connectivity index (χ0) is 14.9. The number of fused-ring (bicyclic) bond motifs is 1. The van der Waals surface area contributed by atoms with Gasteiger partial charge in [0.2, 0.25) is 5.91 Å².